The Morgan fingerprint density at radius 1 is 0.900 bits per heavy atom. The zero-order valence-corrected chi connectivity index (χ0v) is 16.9. The van der Waals surface area contributed by atoms with Crippen LogP contribution >= 0.6 is 0 Å². The van der Waals surface area contributed by atoms with Crippen molar-refractivity contribution in [3.8, 4) is 16.9 Å². The Bertz CT molecular complexity index is 966. The van der Waals surface area contributed by atoms with E-state index in [1.165, 1.54) is 5.56 Å². The Balaban J connectivity index is 1.63. The van der Waals surface area contributed by atoms with Gasteiger partial charge in [-0.05, 0) is 47.4 Å². The molecule has 3 aromatic rings. The third kappa shape index (κ3) is 5.70. The maximum Gasteiger partial charge on any atom is 0.305 e. The molecular formula is C25H25NO4. The number of hydrogen-bond donors (Lipinski definition) is 2. The molecule has 0 saturated carbocycles. The molecule has 3 aromatic carbocycles. The van der Waals surface area contributed by atoms with Gasteiger partial charge in [-0.3, -0.25) is 9.59 Å². The Morgan fingerprint density at radius 2 is 1.53 bits per heavy atom. The molecule has 30 heavy (non-hydrogen) atoms. The number of benzene rings is 3. The number of carbonyl (C=O) groups excluding carboxylic acids is 1. The Labute approximate surface area is 176 Å². The SMILES string of the molecule is CCC(Oc1ccc(C(=O)NCCC(=O)O)cc1)c1ccc(-c2ccccc2)cc1. The normalized spacial score (nSPS) is 11.5. The van der Waals surface area contributed by atoms with E-state index in [4.69, 9.17) is 9.84 Å². The second kappa shape index (κ2) is 10.3. The lowest BCUT2D eigenvalue weighted by atomic mass is 10.0. The molecule has 0 heterocycles. The molecule has 0 aliphatic carbocycles. The molecule has 1 atom stereocenters. The minimum atomic E-state index is -0.943. The van der Waals surface area contributed by atoms with Crippen LogP contribution in [0.3, 0.4) is 0 Å². The molecule has 0 radical (unpaired) electrons. The van der Waals surface area contributed by atoms with Gasteiger partial charge in [-0.25, -0.2) is 0 Å². The number of hydrogen-bond acceptors (Lipinski definition) is 3. The molecule has 1 amide bonds. The topological polar surface area (TPSA) is 75.6 Å². The molecule has 2 N–H and O–H groups in total. The average molecular weight is 403 g/mol. The second-order valence-electron chi connectivity index (χ2n) is 6.93. The van der Waals surface area contributed by atoms with Crippen molar-refractivity contribution in [1.29, 1.82) is 0 Å². The molecule has 0 fully saturated rings. The third-order valence-electron chi connectivity index (χ3n) is 4.78. The summed E-state index contributed by atoms with van der Waals surface area (Å²) >= 11 is 0. The van der Waals surface area contributed by atoms with Crippen molar-refractivity contribution >= 4 is 11.9 Å². The number of rotatable bonds is 9. The summed E-state index contributed by atoms with van der Waals surface area (Å²) in [5.74, 6) is -0.566. The first-order valence-corrected chi connectivity index (χ1v) is 9.99. The van der Waals surface area contributed by atoms with Gasteiger partial charge in [-0.1, -0.05) is 61.5 Å². The van der Waals surface area contributed by atoms with Crippen LogP contribution in [0.1, 0.15) is 41.8 Å². The fourth-order valence-corrected chi connectivity index (χ4v) is 3.14. The summed E-state index contributed by atoms with van der Waals surface area (Å²) in [6.07, 6.45) is 0.612. The summed E-state index contributed by atoms with van der Waals surface area (Å²) in [4.78, 5) is 22.6. The van der Waals surface area contributed by atoms with Gasteiger partial charge in [0.1, 0.15) is 11.9 Å². The van der Waals surface area contributed by atoms with Gasteiger partial charge in [-0.15, -0.1) is 0 Å². The second-order valence-corrected chi connectivity index (χ2v) is 6.93. The van der Waals surface area contributed by atoms with Crippen LogP contribution in [0.15, 0.2) is 78.9 Å². The number of carbonyl (C=O) groups is 2. The van der Waals surface area contributed by atoms with Gasteiger partial charge < -0.3 is 15.2 Å². The quantitative estimate of drug-likeness (QED) is 0.522. The van der Waals surface area contributed by atoms with E-state index < -0.39 is 5.97 Å². The zero-order chi connectivity index (χ0) is 21.3. The van der Waals surface area contributed by atoms with Crippen LogP contribution in [0.2, 0.25) is 0 Å². The number of carboxylic acids is 1. The Kier molecular flexibility index (Phi) is 7.22. The maximum atomic E-state index is 12.0. The minimum Gasteiger partial charge on any atom is -0.486 e. The van der Waals surface area contributed by atoms with E-state index in [9.17, 15) is 9.59 Å². The van der Waals surface area contributed by atoms with E-state index in [-0.39, 0.29) is 25.0 Å². The van der Waals surface area contributed by atoms with Gasteiger partial charge in [0.05, 0.1) is 6.42 Å². The van der Waals surface area contributed by atoms with Crippen LogP contribution in [0.4, 0.5) is 0 Å². The molecule has 154 valence electrons. The lowest BCUT2D eigenvalue weighted by Crippen LogP contribution is -2.25. The van der Waals surface area contributed by atoms with E-state index in [0.29, 0.717) is 11.3 Å². The molecule has 0 bridgehead atoms. The summed E-state index contributed by atoms with van der Waals surface area (Å²) < 4.78 is 6.13. The van der Waals surface area contributed by atoms with E-state index in [1.54, 1.807) is 24.3 Å². The lowest BCUT2D eigenvalue weighted by molar-refractivity contribution is -0.136. The van der Waals surface area contributed by atoms with Crippen LogP contribution in [0.5, 0.6) is 5.75 Å². The van der Waals surface area contributed by atoms with Crippen LogP contribution in [-0.2, 0) is 4.79 Å². The molecule has 0 aliphatic heterocycles. The average Bonchev–Trinajstić information content (AvgIpc) is 2.78. The molecule has 0 aliphatic rings. The van der Waals surface area contributed by atoms with Gasteiger partial charge >= 0.3 is 5.97 Å². The lowest BCUT2D eigenvalue weighted by Gasteiger charge is -2.18. The van der Waals surface area contributed by atoms with Crippen LogP contribution in [-0.4, -0.2) is 23.5 Å². The smallest absolute Gasteiger partial charge is 0.305 e. The summed E-state index contributed by atoms with van der Waals surface area (Å²) in [6, 6.07) is 25.5. The van der Waals surface area contributed by atoms with E-state index in [0.717, 1.165) is 17.5 Å². The van der Waals surface area contributed by atoms with Crippen molar-refractivity contribution in [2.45, 2.75) is 25.9 Å². The highest BCUT2D eigenvalue weighted by molar-refractivity contribution is 5.94. The van der Waals surface area contributed by atoms with Gasteiger partial charge in [0.15, 0.2) is 0 Å². The number of aliphatic carboxylic acids is 1. The first kappa shape index (κ1) is 21.1. The van der Waals surface area contributed by atoms with E-state index >= 15 is 0 Å². The van der Waals surface area contributed by atoms with Crippen molar-refractivity contribution in [1.82, 2.24) is 5.32 Å². The molecule has 3 rings (SSSR count). The maximum absolute atomic E-state index is 12.0. The molecule has 1 unspecified atom stereocenters. The largest absolute Gasteiger partial charge is 0.486 e. The van der Waals surface area contributed by atoms with Crippen molar-refractivity contribution in [3.63, 3.8) is 0 Å². The third-order valence-corrected chi connectivity index (χ3v) is 4.78. The van der Waals surface area contributed by atoms with Crippen molar-refractivity contribution in [3.05, 3.63) is 90.0 Å². The fourth-order valence-electron chi connectivity index (χ4n) is 3.14. The first-order chi connectivity index (χ1) is 14.6. The Hall–Kier alpha value is -3.60. The predicted molar refractivity (Wildman–Crippen MR) is 117 cm³/mol. The number of carboxylic acid groups (broad SMARTS) is 1. The minimum absolute atomic E-state index is 0.0925. The van der Waals surface area contributed by atoms with Crippen LogP contribution in [0.25, 0.3) is 11.1 Å². The van der Waals surface area contributed by atoms with Gasteiger partial charge in [0.25, 0.3) is 5.91 Å². The van der Waals surface area contributed by atoms with Crippen LogP contribution < -0.4 is 10.1 Å². The van der Waals surface area contributed by atoms with Gasteiger partial charge in [-0.2, -0.15) is 0 Å². The van der Waals surface area contributed by atoms with Crippen molar-refractivity contribution in [2.75, 3.05) is 6.54 Å². The van der Waals surface area contributed by atoms with Gasteiger partial charge in [0, 0.05) is 12.1 Å². The fraction of sp³-hybridized carbons (Fsp3) is 0.200. The highest BCUT2D eigenvalue weighted by atomic mass is 16.5. The summed E-state index contributed by atoms with van der Waals surface area (Å²) in [7, 11) is 0. The summed E-state index contributed by atoms with van der Waals surface area (Å²) in [5, 5.41) is 11.2. The number of nitrogens with one attached hydrogen (secondary N) is 1. The van der Waals surface area contributed by atoms with Crippen molar-refractivity contribution in [2.24, 2.45) is 0 Å². The monoisotopic (exact) mass is 403 g/mol. The summed E-state index contributed by atoms with van der Waals surface area (Å²) in [6.45, 7) is 2.17. The zero-order valence-electron chi connectivity index (χ0n) is 16.9. The Morgan fingerprint density at radius 3 is 2.13 bits per heavy atom. The predicted octanol–water partition coefficient (Wildman–Crippen LogP) is 5.09. The standard InChI is InChI=1S/C25H25NO4/c1-2-23(20-10-8-19(9-11-20)18-6-4-3-5-7-18)30-22-14-12-21(13-15-22)25(29)26-17-16-24(27)28/h3-15,23H,2,16-17H2,1H3,(H,26,29)(H,27,28). The summed E-state index contributed by atoms with van der Waals surface area (Å²) in [5.41, 5.74) is 3.89. The van der Waals surface area contributed by atoms with Crippen molar-refractivity contribution < 1.29 is 19.4 Å². The molecule has 0 spiro atoms. The molecule has 0 aromatic heterocycles. The van der Waals surface area contributed by atoms with E-state index in [2.05, 4.69) is 48.6 Å². The molecule has 5 heteroatoms. The first-order valence-electron chi connectivity index (χ1n) is 9.99. The molecular weight excluding hydrogens is 378 g/mol. The highest BCUT2D eigenvalue weighted by Gasteiger charge is 2.13. The van der Waals surface area contributed by atoms with Crippen LogP contribution in [0, 0.1) is 0 Å². The number of amides is 1. The van der Waals surface area contributed by atoms with E-state index in [1.807, 2.05) is 18.2 Å². The number of ether oxygens (including phenoxy) is 1. The molecule has 5 nitrogen and oxygen atoms in total. The molecule has 0 saturated heterocycles. The highest BCUT2D eigenvalue weighted by Crippen LogP contribution is 2.27. The van der Waals surface area contributed by atoms with Gasteiger partial charge in [0.2, 0.25) is 0 Å².